The first kappa shape index (κ1) is 28.6. The predicted molar refractivity (Wildman–Crippen MR) is 145 cm³/mol. The lowest BCUT2D eigenvalue weighted by molar-refractivity contribution is -0.689. The van der Waals surface area contributed by atoms with Gasteiger partial charge in [-0.2, -0.15) is 0 Å². The Kier molecular flexibility index (Phi) is 11.7. The van der Waals surface area contributed by atoms with Gasteiger partial charge in [0.05, 0.1) is 25.2 Å². The molecule has 2 atom stereocenters. The highest BCUT2D eigenvalue weighted by atomic mass is 14.9. The normalized spacial score (nSPS) is 22.5. The van der Waals surface area contributed by atoms with Gasteiger partial charge in [0, 0.05) is 12.8 Å². The largest absolute Gasteiger partial charge is 0.344 e. The molecule has 4 N–H and O–H groups in total. The Morgan fingerprint density at radius 1 is 0.667 bits per heavy atom. The molecule has 0 aromatic heterocycles. The van der Waals surface area contributed by atoms with Gasteiger partial charge in [0.25, 0.3) is 0 Å². The molecule has 2 aliphatic carbocycles. The average molecular weight is 461 g/mol. The molecule has 0 aromatic rings. The average Bonchev–Trinajstić information content (AvgIpc) is 2.71. The van der Waals surface area contributed by atoms with Crippen molar-refractivity contribution in [3.63, 3.8) is 0 Å². The van der Waals surface area contributed by atoms with Gasteiger partial charge in [-0.25, -0.2) is 0 Å². The number of nitrogens with two attached hydrogens (primary N) is 2. The number of hydrogen-bond donors (Lipinski definition) is 2. The summed E-state index contributed by atoms with van der Waals surface area (Å²) < 4.78 is 0. The summed E-state index contributed by atoms with van der Waals surface area (Å²) in [5.74, 6) is 0. The Bertz CT molecular complexity index is 596. The molecule has 0 aromatic carbocycles. The zero-order valence-corrected chi connectivity index (χ0v) is 23.9. The molecule has 2 unspecified atom stereocenters. The highest BCUT2D eigenvalue weighted by Crippen LogP contribution is 2.43. The van der Waals surface area contributed by atoms with E-state index in [2.05, 4.69) is 66.0 Å². The zero-order valence-electron chi connectivity index (χ0n) is 23.9. The highest BCUT2D eigenvalue weighted by molar-refractivity contribution is 5.23. The van der Waals surface area contributed by atoms with Crippen LogP contribution in [0.3, 0.4) is 0 Å². The van der Waals surface area contributed by atoms with Crippen LogP contribution in [-0.2, 0) is 0 Å². The van der Waals surface area contributed by atoms with Crippen LogP contribution in [0.4, 0.5) is 0 Å². The Labute approximate surface area is 207 Å². The van der Waals surface area contributed by atoms with Crippen LogP contribution >= 0.6 is 0 Å². The molecule has 2 rings (SSSR count). The second-order valence-corrected chi connectivity index (χ2v) is 13.1. The van der Waals surface area contributed by atoms with Crippen molar-refractivity contribution in [1.29, 1.82) is 0 Å². The summed E-state index contributed by atoms with van der Waals surface area (Å²) in [5.41, 5.74) is 7.82. The zero-order chi connectivity index (χ0) is 24.5. The fourth-order valence-corrected chi connectivity index (χ4v) is 6.70. The molecule has 0 spiro atoms. The lowest BCUT2D eigenvalue weighted by atomic mass is 9.71. The Morgan fingerprint density at radius 3 is 1.42 bits per heavy atom. The van der Waals surface area contributed by atoms with Crippen molar-refractivity contribution >= 4 is 0 Å². The van der Waals surface area contributed by atoms with Gasteiger partial charge in [-0.05, 0) is 109 Å². The number of hydrogen-bond acceptors (Lipinski definition) is 0. The molecular formula is C31H60N2+2. The van der Waals surface area contributed by atoms with Crippen LogP contribution in [0.1, 0.15) is 139 Å². The van der Waals surface area contributed by atoms with Crippen LogP contribution < -0.4 is 10.6 Å². The lowest BCUT2D eigenvalue weighted by Gasteiger charge is -2.35. The molecule has 0 aliphatic heterocycles. The molecule has 33 heavy (non-hydrogen) atoms. The van der Waals surface area contributed by atoms with Crippen molar-refractivity contribution in [1.82, 2.24) is 0 Å². The van der Waals surface area contributed by atoms with E-state index >= 15 is 0 Å². The molecule has 192 valence electrons. The molecule has 2 aliphatic rings. The second-order valence-electron chi connectivity index (χ2n) is 13.1. The van der Waals surface area contributed by atoms with E-state index in [1.54, 1.807) is 22.3 Å². The first-order valence-electron chi connectivity index (χ1n) is 14.6. The predicted octanol–water partition coefficient (Wildman–Crippen LogP) is 6.67. The van der Waals surface area contributed by atoms with Crippen molar-refractivity contribution in [3.8, 4) is 0 Å². The standard InChI is InChI=1S/C31H58N2/c1-24-14-12-20-30(5,6)28(24)18-16-26(3)32-22-10-9-11-23-33-27(4)17-19-29-25(2)15-13-21-31(29,7)8/h26-27,32-33H,9-23H2,1-8H3/p+2. The minimum atomic E-state index is 0.443. The monoisotopic (exact) mass is 460 g/mol. The van der Waals surface area contributed by atoms with Gasteiger partial charge in [0.2, 0.25) is 0 Å². The Balaban J connectivity index is 1.52. The fourth-order valence-electron chi connectivity index (χ4n) is 6.70. The minimum Gasteiger partial charge on any atom is -0.344 e. The van der Waals surface area contributed by atoms with E-state index in [0.29, 0.717) is 10.8 Å². The minimum absolute atomic E-state index is 0.443. The quantitative estimate of drug-likeness (QED) is 0.214. The number of rotatable bonds is 14. The van der Waals surface area contributed by atoms with Crippen molar-refractivity contribution in [3.05, 3.63) is 22.3 Å². The molecule has 0 amide bonds. The lowest BCUT2D eigenvalue weighted by Crippen LogP contribution is -2.89. The van der Waals surface area contributed by atoms with Gasteiger partial charge in [-0.15, -0.1) is 0 Å². The topological polar surface area (TPSA) is 33.2 Å². The van der Waals surface area contributed by atoms with Gasteiger partial charge in [0.15, 0.2) is 0 Å². The van der Waals surface area contributed by atoms with Gasteiger partial charge in [-0.1, -0.05) is 50.0 Å². The van der Waals surface area contributed by atoms with Crippen molar-refractivity contribution in [2.75, 3.05) is 13.1 Å². The third kappa shape index (κ3) is 9.52. The summed E-state index contributed by atoms with van der Waals surface area (Å²) in [5, 5.41) is 5.22. The number of quaternary nitrogens is 2. The van der Waals surface area contributed by atoms with Crippen molar-refractivity contribution < 1.29 is 10.6 Å². The first-order chi connectivity index (χ1) is 15.5. The maximum atomic E-state index is 2.61. The molecule has 0 saturated heterocycles. The SMILES string of the molecule is CC1=C(CCC(C)[NH2+]CCCCC[NH2+]C(C)CCC2=C(C)CCCC2(C)C)C(C)(C)CCC1. The van der Waals surface area contributed by atoms with Crippen LogP contribution in [0.25, 0.3) is 0 Å². The highest BCUT2D eigenvalue weighted by Gasteiger charge is 2.29. The maximum absolute atomic E-state index is 2.61. The summed E-state index contributed by atoms with van der Waals surface area (Å²) in [4.78, 5) is 0. The van der Waals surface area contributed by atoms with Gasteiger partial charge < -0.3 is 10.6 Å². The summed E-state index contributed by atoms with van der Waals surface area (Å²) in [7, 11) is 0. The Morgan fingerprint density at radius 2 is 1.06 bits per heavy atom. The summed E-state index contributed by atoms with van der Waals surface area (Å²) >= 11 is 0. The summed E-state index contributed by atoms with van der Waals surface area (Å²) in [6, 6.07) is 1.52. The number of allylic oxidation sites excluding steroid dienone is 4. The van der Waals surface area contributed by atoms with Crippen LogP contribution in [0.5, 0.6) is 0 Å². The van der Waals surface area contributed by atoms with E-state index < -0.39 is 0 Å². The molecule has 0 radical (unpaired) electrons. The van der Waals surface area contributed by atoms with Crippen molar-refractivity contribution in [2.24, 2.45) is 10.8 Å². The van der Waals surface area contributed by atoms with Crippen LogP contribution in [-0.4, -0.2) is 25.2 Å². The molecule has 2 nitrogen and oxygen atoms in total. The molecule has 0 saturated carbocycles. The molecule has 0 heterocycles. The first-order valence-corrected chi connectivity index (χ1v) is 14.6. The smallest absolute Gasteiger partial charge is 0.0833 e. The van der Waals surface area contributed by atoms with E-state index in [4.69, 9.17) is 0 Å². The van der Waals surface area contributed by atoms with Gasteiger partial charge in [0.1, 0.15) is 0 Å². The molecule has 0 bridgehead atoms. The van der Waals surface area contributed by atoms with Crippen LogP contribution in [0.2, 0.25) is 0 Å². The summed E-state index contributed by atoms with van der Waals surface area (Å²) in [6.45, 7) is 22.1. The van der Waals surface area contributed by atoms with E-state index in [-0.39, 0.29) is 0 Å². The second kappa shape index (κ2) is 13.5. The fraction of sp³-hybridized carbons (Fsp3) is 0.871. The maximum Gasteiger partial charge on any atom is 0.0833 e. The van der Waals surface area contributed by atoms with Gasteiger partial charge >= 0.3 is 0 Å². The van der Waals surface area contributed by atoms with E-state index in [0.717, 1.165) is 12.1 Å². The molecule has 2 heteroatoms. The molecule has 0 fully saturated rings. The van der Waals surface area contributed by atoms with Crippen molar-refractivity contribution in [2.45, 2.75) is 151 Å². The molecular weight excluding hydrogens is 400 g/mol. The van der Waals surface area contributed by atoms with Crippen LogP contribution in [0, 0.1) is 10.8 Å². The van der Waals surface area contributed by atoms with Crippen LogP contribution in [0.15, 0.2) is 22.3 Å². The Hall–Kier alpha value is -0.600. The van der Waals surface area contributed by atoms with E-state index in [9.17, 15) is 0 Å². The third-order valence-corrected chi connectivity index (χ3v) is 9.12. The summed E-state index contributed by atoms with van der Waals surface area (Å²) in [6.07, 6.45) is 17.7. The number of unbranched alkanes of at least 4 members (excludes halogenated alkanes) is 2. The van der Waals surface area contributed by atoms with E-state index in [1.165, 1.54) is 96.6 Å². The third-order valence-electron chi connectivity index (χ3n) is 9.12. The van der Waals surface area contributed by atoms with E-state index in [1.807, 2.05) is 0 Å². The van der Waals surface area contributed by atoms with Gasteiger partial charge in [-0.3, -0.25) is 0 Å².